The summed E-state index contributed by atoms with van der Waals surface area (Å²) in [6, 6.07) is 0. The Balaban J connectivity index is 3.80. The van der Waals surface area contributed by atoms with Crippen molar-refractivity contribution < 1.29 is 19.1 Å². The number of thioether (sulfide) groups is 1. The molecule has 4 nitrogen and oxygen atoms in total. The lowest BCUT2D eigenvalue weighted by molar-refractivity contribution is -0.126. The molecule has 0 N–H and O–H groups in total. The number of hydrogen-bond donors (Lipinski definition) is 1. The molecule has 6 heteroatoms. The molecule has 10 heavy (non-hydrogen) atoms. The summed E-state index contributed by atoms with van der Waals surface area (Å²) in [6.45, 7) is 0. The van der Waals surface area contributed by atoms with E-state index in [-0.39, 0.29) is 11.8 Å². The fourth-order valence-electron chi connectivity index (χ4n) is 0.161. The second kappa shape index (κ2) is 4.35. The predicted octanol–water partition coefficient (Wildman–Crippen LogP) is 0.469. The minimum Gasteiger partial charge on any atom is -0.461 e. The fourth-order valence-corrected chi connectivity index (χ4v) is 0.620. The number of methoxy groups -OCH3 is 1. The third-order valence-corrected chi connectivity index (χ3v) is 1.58. The molecule has 0 aliphatic rings. The van der Waals surface area contributed by atoms with Crippen molar-refractivity contribution in [3.63, 3.8) is 0 Å². The summed E-state index contributed by atoms with van der Waals surface area (Å²) in [4.78, 5) is 30.7. The van der Waals surface area contributed by atoms with Crippen molar-refractivity contribution in [3.05, 3.63) is 0 Å². The molecule has 0 amide bonds. The van der Waals surface area contributed by atoms with Crippen LogP contribution in [0.15, 0.2) is 0 Å². The van der Waals surface area contributed by atoms with Gasteiger partial charge in [-0.3, -0.25) is 9.59 Å². The van der Waals surface area contributed by atoms with Gasteiger partial charge in [-0.05, 0) is 0 Å². The molecule has 0 bridgehead atoms. The minimum absolute atomic E-state index is 0.182. The normalized spacial score (nSPS) is 8.60. The summed E-state index contributed by atoms with van der Waals surface area (Å²) in [5.74, 6) is 0. The summed E-state index contributed by atoms with van der Waals surface area (Å²) >= 11 is 3.37. The van der Waals surface area contributed by atoms with Crippen molar-refractivity contribution in [2.75, 3.05) is 7.11 Å². The minimum atomic E-state index is -0.963. The molecule has 0 atom stereocenters. The summed E-state index contributed by atoms with van der Waals surface area (Å²) in [5, 5.41) is -2.71. The van der Waals surface area contributed by atoms with Crippen LogP contribution in [0.2, 0.25) is 0 Å². The summed E-state index contributed by atoms with van der Waals surface area (Å²) in [5.41, 5.74) is 0. The van der Waals surface area contributed by atoms with Gasteiger partial charge in [0.25, 0.3) is 10.2 Å². The lowest BCUT2D eigenvalue weighted by Gasteiger charge is -1.91. The maximum Gasteiger partial charge on any atom is 0.375 e. The lowest BCUT2D eigenvalue weighted by atomic mass is 10.9. The molecule has 0 heterocycles. The first-order valence-electron chi connectivity index (χ1n) is 2.11. The van der Waals surface area contributed by atoms with Crippen LogP contribution in [0.1, 0.15) is 0 Å². The Labute approximate surface area is 66.7 Å². The molecule has 0 aromatic carbocycles. The van der Waals surface area contributed by atoms with Gasteiger partial charge in [-0.1, -0.05) is 12.6 Å². The van der Waals surface area contributed by atoms with Crippen molar-refractivity contribution in [1.82, 2.24) is 0 Å². The van der Waals surface area contributed by atoms with Crippen molar-refractivity contribution in [2.45, 2.75) is 0 Å². The molecule has 0 aromatic rings. The van der Waals surface area contributed by atoms with E-state index >= 15 is 0 Å². The highest BCUT2D eigenvalue weighted by molar-refractivity contribution is 8.29. The van der Waals surface area contributed by atoms with E-state index in [0.29, 0.717) is 0 Å². The van der Waals surface area contributed by atoms with Crippen LogP contribution in [0, 0.1) is 0 Å². The summed E-state index contributed by atoms with van der Waals surface area (Å²) < 4.78 is 4.09. The van der Waals surface area contributed by atoms with Gasteiger partial charge in [0.15, 0.2) is 0 Å². The van der Waals surface area contributed by atoms with E-state index in [1.807, 2.05) is 0 Å². The van der Waals surface area contributed by atoms with Crippen molar-refractivity contribution in [2.24, 2.45) is 0 Å². The molecule has 0 aromatic heterocycles. The first-order chi connectivity index (χ1) is 4.57. The third-order valence-electron chi connectivity index (χ3n) is 0.517. The molecular formula is C4H4O4S2. The Bertz CT molecular complexity index is 176. The largest absolute Gasteiger partial charge is 0.461 e. The van der Waals surface area contributed by atoms with Crippen molar-refractivity contribution in [3.8, 4) is 0 Å². The highest BCUT2D eigenvalue weighted by Gasteiger charge is 2.15. The van der Waals surface area contributed by atoms with E-state index in [0.717, 1.165) is 7.11 Å². The number of rotatable bonds is 1. The molecule has 0 spiro atoms. The molecule has 0 aliphatic heterocycles. The van der Waals surface area contributed by atoms with Crippen LogP contribution in [0.5, 0.6) is 0 Å². The molecule has 0 saturated heterocycles. The molecule has 0 rings (SSSR count). The molecule has 0 aliphatic carbocycles. The van der Waals surface area contributed by atoms with Gasteiger partial charge in [-0.15, -0.1) is 0 Å². The molecular weight excluding hydrogens is 176 g/mol. The zero-order chi connectivity index (χ0) is 8.15. The standard InChI is InChI=1S/C4H4O4S2/c1-8-4(7)10-3(6)2(5)9/h1H3,(H,5,9). The average Bonchev–Trinajstić information content (AvgIpc) is 1.87. The molecule has 0 unspecified atom stereocenters. The highest BCUT2D eigenvalue weighted by Crippen LogP contribution is 2.07. The Kier molecular flexibility index (Phi) is 4.13. The smallest absolute Gasteiger partial charge is 0.375 e. The van der Waals surface area contributed by atoms with Gasteiger partial charge in [0.05, 0.1) is 7.11 Å². The van der Waals surface area contributed by atoms with Gasteiger partial charge in [0, 0.05) is 11.8 Å². The molecule has 0 saturated carbocycles. The number of thiol groups is 1. The zero-order valence-corrected chi connectivity index (χ0v) is 6.70. The van der Waals surface area contributed by atoms with Crippen LogP contribution in [0.3, 0.4) is 0 Å². The van der Waals surface area contributed by atoms with Gasteiger partial charge >= 0.3 is 5.30 Å². The maximum absolute atomic E-state index is 10.3. The fraction of sp³-hybridized carbons (Fsp3) is 0.250. The molecule has 0 radical (unpaired) electrons. The number of carbonyl (C=O) groups excluding carboxylic acids is 3. The Hall–Kier alpha value is -0.490. The average molecular weight is 180 g/mol. The summed E-state index contributed by atoms with van der Waals surface area (Å²) in [6.07, 6.45) is 0. The monoisotopic (exact) mass is 180 g/mol. The van der Waals surface area contributed by atoms with E-state index in [4.69, 9.17) is 0 Å². The lowest BCUT2D eigenvalue weighted by Crippen LogP contribution is -2.05. The second-order valence-corrected chi connectivity index (χ2v) is 2.46. The van der Waals surface area contributed by atoms with Crippen LogP contribution < -0.4 is 0 Å². The van der Waals surface area contributed by atoms with Crippen molar-refractivity contribution >= 4 is 39.9 Å². The van der Waals surface area contributed by atoms with Gasteiger partial charge < -0.3 is 4.74 Å². The van der Waals surface area contributed by atoms with Crippen LogP contribution in [0.25, 0.3) is 0 Å². The van der Waals surface area contributed by atoms with Gasteiger partial charge in [0.1, 0.15) is 0 Å². The third kappa shape index (κ3) is 3.52. The van der Waals surface area contributed by atoms with Crippen molar-refractivity contribution in [1.29, 1.82) is 0 Å². The van der Waals surface area contributed by atoms with E-state index < -0.39 is 15.5 Å². The van der Waals surface area contributed by atoms with E-state index in [9.17, 15) is 14.4 Å². The number of carbonyl (C=O) groups is 3. The summed E-state index contributed by atoms with van der Waals surface area (Å²) in [7, 11) is 1.12. The Morgan fingerprint density at radius 2 is 1.90 bits per heavy atom. The molecule has 0 fully saturated rings. The first-order valence-corrected chi connectivity index (χ1v) is 3.37. The van der Waals surface area contributed by atoms with Crippen LogP contribution >= 0.6 is 24.4 Å². The SMILES string of the molecule is COC(=O)SC(=O)C(=O)S. The van der Waals surface area contributed by atoms with Gasteiger partial charge in [-0.2, -0.15) is 0 Å². The van der Waals surface area contributed by atoms with Gasteiger partial charge in [0.2, 0.25) is 0 Å². The predicted molar refractivity (Wildman–Crippen MR) is 39.0 cm³/mol. The Morgan fingerprint density at radius 3 is 2.20 bits per heavy atom. The number of hydrogen-bond acceptors (Lipinski definition) is 5. The quantitative estimate of drug-likeness (QED) is 0.361. The van der Waals surface area contributed by atoms with E-state index in [2.05, 4.69) is 17.4 Å². The van der Waals surface area contributed by atoms with Crippen LogP contribution in [-0.4, -0.2) is 22.6 Å². The Morgan fingerprint density at radius 1 is 1.40 bits per heavy atom. The second-order valence-electron chi connectivity index (χ2n) is 1.15. The first kappa shape index (κ1) is 9.51. The maximum atomic E-state index is 10.3. The zero-order valence-electron chi connectivity index (χ0n) is 4.99. The van der Waals surface area contributed by atoms with E-state index in [1.165, 1.54) is 0 Å². The molecule has 56 valence electrons. The number of ether oxygens (including phenoxy) is 1. The van der Waals surface area contributed by atoms with E-state index in [1.54, 1.807) is 0 Å². The topological polar surface area (TPSA) is 60.4 Å². The highest BCUT2D eigenvalue weighted by atomic mass is 32.2. The van der Waals surface area contributed by atoms with Gasteiger partial charge in [-0.25, -0.2) is 4.79 Å². The van der Waals surface area contributed by atoms with Crippen LogP contribution in [0.4, 0.5) is 4.79 Å². The van der Waals surface area contributed by atoms with Crippen LogP contribution in [-0.2, 0) is 14.3 Å².